The third kappa shape index (κ3) is 4.86. The average molecular weight is 498 g/mol. The Labute approximate surface area is 213 Å². The molecular weight excluding hydrogens is 470 g/mol. The van der Waals surface area contributed by atoms with Gasteiger partial charge in [-0.2, -0.15) is 5.10 Å². The maximum absolute atomic E-state index is 12.6. The summed E-state index contributed by atoms with van der Waals surface area (Å²) in [6.45, 7) is 1.86. The molecule has 10 nitrogen and oxygen atoms in total. The van der Waals surface area contributed by atoms with Gasteiger partial charge in [0.2, 0.25) is 5.91 Å². The number of carbonyl (C=O) groups excluding carboxylic acids is 2. The van der Waals surface area contributed by atoms with Gasteiger partial charge in [-0.05, 0) is 24.1 Å². The van der Waals surface area contributed by atoms with E-state index in [-0.39, 0.29) is 23.9 Å². The molecule has 0 bridgehead atoms. The van der Waals surface area contributed by atoms with E-state index in [9.17, 15) is 9.59 Å². The highest BCUT2D eigenvalue weighted by atomic mass is 16.5. The zero-order valence-corrected chi connectivity index (χ0v) is 20.5. The van der Waals surface area contributed by atoms with Gasteiger partial charge in [-0.25, -0.2) is 14.6 Å². The van der Waals surface area contributed by atoms with Gasteiger partial charge in [0.15, 0.2) is 5.65 Å². The SMILES string of the molecule is COc1ccccc1C(=O)NCc1ccc(-c2nn(C3C=CC(NC(C)=O)C3)c3ncnc(N)c23)cc1. The Balaban J connectivity index is 1.37. The van der Waals surface area contributed by atoms with Crippen molar-refractivity contribution in [2.24, 2.45) is 0 Å². The number of nitrogens with one attached hydrogen (secondary N) is 2. The molecule has 2 amide bonds. The molecule has 0 aliphatic heterocycles. The summed E-state index contributed by atoms with van der Waals surface area (Å²) in [5.74, 6) is 0.586. The summed E-state index contributed by atoms with van der Waals surface area (Å²) in [5, 5.41) is 11.4. The molecule has 0 saturated heterocycles. The highest BCUT2D eigenvalue weighted by molar-refractivity contribution is 5.98. The molecule has 4 aromatic rings. The predicted octanol–water partition coefficient (Wildman–Crippen LogP) is 3.02. The van der Waals surface area contributed by atoms with Crippen LogP contribution in [0, 0.1) is 0 Å². The number of amides is 2. The first kappa shape index (κ1) is 24.0. The number of benzene rings is 2. The van der Waals surface area contributed by atoms with Gasteiger partial charge in [-0.1, -0.05) is 48.6 Å². The van der Waals surface area contributed by atoms with E-state index in [1.807, 2.05) is 47.2 Å². The normalized spacial score (nSPS) is 16.6. The van der Waals surface area contributed by atoms with Crippen LogP contribution in [0.3, 0.4) is 0 Å². The van der Waals surface area contributed by atoms with Crippen LogP contribution in [-0.4, -0.2) is 44.7 Å². The minimum Gasteiger partial charge on any atom is -0.496 e. The third-order valence-electron chi connectivity index (χ3n) is 6.31. The molecule has 0 fully saturated rings. The zero-order chi connectivity index (χ0) is 25.9. The molecule has 2 aromatic heterocycles. The highest BCUT2D eigenvalue weighted by Crippen LogP contribution is 2.34. The second-order valence-corrected chi connectivity index (χ2v) is 8.83. The summed E-state index contributed by atoms with van der Waals surface area (Å²) < 4.78 is 7.11. The van der Waals surface area contributed by atoms with Gasteiger partial charge in [-0.3, -0.25) is 9.59 Å². The molecule has 2 aromatic carbocycles. The lowest BCUT2D eigenvalue weighted by Gasteiger charge is -2.13. The smallest absolute Gasteiger partial charge is 0.255 e. The van der Waals surface area contributed by atoms with Crippen LogP contribution in [0.5, 0.6) is 5.75 Å². The number of nitrogen functional groups attached to an aromatic ring is 1. The number of allylic oxidation sites excluding steroid dienone is 1. The second-order valence-electron chi connectivity index (χ2n) is 8.83. The average Bonchev–Trinajstić information content (AvgIpc) is 3.52. The van der Waals surface area contributed by atoms with Gasteiger partial charge in [0.1, 0.15) is 23.6 Å². The number of aromatic nitrogens is 4. The summed E-state index contributed by atoms with van der Waals surface area (Å²) in [7, 11) is 1.54. The molecule has 2 heterocycles. The number of nitrogens with zero attached hydrogens (tertiary/aromatic N) is 4. The number of fused-ring (bicyclic) bond motifs is 1. The summed E-state index contributed by atoms with van der Waals surface area (Å²) in [5.41, 5.74) is 9.82. The van der Waals surface area contributed by atoms with Crippen LogP contribution >= 0.6 is 0 Å². The molecule has 2 atom stereocenters. The van der Waals surface area contributed by atoms with E-state index in [1.54, 1.807) is 18.2 Å². The van der Waals surface area contributed by atoms with Gasteiger partial charge in [-0.15, -0.1) is 0 Å². The quantitative estimate of drug-likeness (QED) is 0.334. The molecule has 4 N–H and O–H groups in total. The van der Waals surface area contributed by atoms with Crippen molar-refractivity contribution in [3.63, 3.8) is 0 Å². The lowest BCUT2D eigenvalue weighted by molar-refractivity contribution is -0.119. The lowest BCUT2D eigenvalue weighted by atomic mass is 10.1. The first-order valence-corrected chi connectivity index (χ1v) is 11.9. The Bertz CT molecular complexity index is 1490. The fourth-order valence-corrected chi connectivity index (χ4v) is 4.55. The molecule has 10 heteroatoms. The summed E-state index contributed by atoms with van der Waals surface area (Å²) in [6.07, 6.45) is 6.09. The van der Waals surface area contributed by atoms with Gasteiger partial charge < -0.3 is 21.1 Å². The second kappa shape index (κ2) is 10.1. The molecule has 0 radical (unpaired) electrons. The van der Waals surface area contributed by atoms with Crippen molar-refractivity contribution in [2.75, 3.05) is 12.8 Å². The maximum Gasteiger partial charge on any atom is 0.255 e. The Morgan fingerprint density at radius 1 is 1.11 bits per heavy atom. The standard InChI is InChI=1S/C27H27N7O3/c1-16(35)32-19-11-12-20(13-19)34-26-23(25(28)30-15-31-26)24(33-34)18-9-7-17(8-10-18)14-29-27(36)21-5-3-4-6-22(21)37-2/h3-12,15,19-20H,13-14H2,1-2H3,(H,29,36)(H,32,35)(H2,28,30,31). The predicted molar refractivity (Wildman–Crippen MR) is 140 cm³/mol. The number of methoxy groups -OCH3 is 1. The summed E-state index contributed by atoms with van der Waals surface area (Å²) in [6, 6.07) is 14.7. The summed E-state index contributed by atoms with van der Waals surface area (Å²) >= 11 is 0. The van der Waals surface area contributed by atoms with E-state index in [2.05, 4.69) is 20.6 Å². The fourth-order valence-electron chi connectivity index (χ4n) is 4.55. The number of nitrogens with two attached hydrogens (primary N) is 1. The van der Waals surface area contributed by atoms with Crippen molar-refractivity contribution < 1.29 is 14.3 Å². The van der Waals surface area contributed by atoms with Crippen molar-refractivity contribution in [3.05, 3.63) is 78.1 Å². The maximum atomic E-state index is 12.6. The van der Waals surface area contributed by atoms with Crippen molar-refractivity contribution in [2.45, 2.75) is 32.0 Å². The summed E-state index contributed by atoms with van der Waals surface area (Å²) in [4.78, 5) is 32.7. The van der Waals surface area contributed by atoms with Crippen LogP contribution in [0.1, 0.15) is 35.3 Å². The zero-order valence-electron chi connectivity index (χ0n) is 20.5. The third-order valence-corrected chi connectivity index (χ3v) is 6.31. The number of carbonyl (C=O) groups is 2. The Morgan fingerprint density at radius 3 is 2.65 bits per heavy atom. The lowest BCUT2D eigenvalue weighted by Crippen LogP contribution is -2.30. The molecule has 1 aliphatic rings. The van der Waals surface area contributed by atoms with E-state index in [4.69, 9.17) is 15.6 Å². The minimum atomic E-state index is -0.210. The number of hydrogen-bond donors (Lipinski definition) is 3. The number of para-hydroxylation sites is 1. The minimum absolute atomic E-state index is 0.0604. The van der Waals surface area contributed by atoms with E-state index in [0.29, 0.717) is 46.8 Å². The fraction of sp³-hybridized carbons (Fsp3) is 0.222. The number of anilines is 1. The molecule has 188 valence electrons. The Morgan fingerprint density at radius 2 is 1.89 bits per heavy atom. The number of hydrogen-bond acceptors (Lipinski definition) is 7. The highest BCUT2D eigenvalue weighted by Gasteiger charge is 2.26. The van der Waals surface area contributed by atoms with Crippen LogP contribution in [-0.2, 0) is 11.3 Å². The topological polar surface area (TPSA) is 137 Å². The number of ether oxygens (including phenoxy) is 1. The molecule has 5 rings (SSSR count). The van der Waals surface area contributed by atoms with Crippen LogP contribution in [0.25, 0.3) is 22.3 Å². The van der Waals surface area contributed by atoms with E-state index in [1.165, 1.54) is 20.4 Å². The van der Waals surface area contributed by atoms with E-state index >= 15 is 0 Å². The van der Waals surface area contributed by atoms with Crippen LogP contribution in [0.2, 0.25) is 0 Å². The van der Waals surface area contributed by atoms with Crippen molar-refractivity contribution in [1.29, 1.82) is 0 Å². The van der Waals surface area contributed by atoms with Crippen LogP contribution in [0.15, 0.2) is 67.0 Å². The molecule has 0 saturated carbocycles. The Hall–Kier alpha value is -4.73. The largest absolute Gasteiger partial charge is 0.496 e. The molecule has 0 spiro atoms. The van der Waals surface area contributed by atoms with Crippen LogP contribution in [0.4, 0.5) is 5.82 Å². The van der Waals surface area contributed by atoms with E-state index in [0.717, 1.165) is 11.1 Å². The van der Waals surface area contributed by atoms with Gasteiger partial charge in [0.25, 0.3) is 5.91 Å². The van der Waals surface area contributed by atoms with Gasteiger partial charge in [0.05, 0.1) is 24.1 Å². The van der Waals surface area contributed by atoms with Crippen molar-refractivity contribution in [1.82, 2.24) is 30.4 Å². The first-order chi connectivity index (χ1) is 17.9. The number of rotatable bonds is 7. The molecule has 1 aliphatic carbocycles. The van der Waals surface area contributed by atoms with Gasteiger partial charge in [0, 0.05) is 25.1 Å². The Kier molecular flexibility index (Phi) is 6.55. The molecule has 2 unspecified atom stereocenters. The van der Waals surface area contributed by atoms with E-state index < -0.39 is 0 Å². The van der Waals surface area contributed by atoms with Gasteiger partial charge >= 0.3 is 0 Å². The molecular formula is C27H27N7O3. The molecule has 37 heavy (non-hydrogen) atoms. The van der Waals surface area contributed by atoms with Crippen molar-refractivity contribution >= 4 is 28.7 Å². The van der Waals surface area contributed by atoms with Crippen LogP contribution < -0.4 is 21.1 Å². The van der Waals surface area contributed by atoms with Crippen molar-refractivity contribution in [3.8, 4) is 17.0 Å². The first-order valence-electron chi connectivity index (χ1n) is 11.9. The monoisotopic (exact) mass is 497 g/mol.